The minimum Gasteiger partial charge on any atom is -0.280 e. The normalized spacial score (nSPS) is 11.7. The highest BCUT2D eigenvalue weighted by atomic mass is 35.5. The third-order valence-electron chi connectivity index (χ3n) is 2.88. The van der Waals surface area contributed by atoms with Crippen LogP contribution in [0.2, 0.25) is 10.0 Å². The number of aromatic amines is 1. The molecule has 3 aromatic rings. The third kappa shape index (κ3) is 2.83. The number of sulfonamides is 1. The van der Waals surface area contributed by atoms with E-state index < -0.39 is 10.0 Å². The Morgan fingerprint density at radius 1 is 1.10 bits per heavy atom. The summed E-state index contributed by atoms with van der Waals surface area (Å²) in [6, 6.07) is 9.29. The molecule has 0 amide bonds. The first kappa shape index (κ1) is 14.2. The number of aromatic nitrogens is 2. The van der Waals surface area contributed by atoms with E-state index in [1.54, 1.807) is 24.4 Å². The molecule has 2 aromatic carbocycles. The lowest BCUT2D eigenvalue weighted by molar-refractivity contribution is 0.601. The van der Waals surface area contributed by atoms with Gasteiger partial charge in [0.05, 0.1) is 16.7 Å². The Balaban J connectivity index is 1.98. The highest BCUT2D eigenvalue weighted by Crippen LogP contribution is 2.27. The lowest BCUT2D eigenvalue weighted by atomic mass is 10.2. The maximum absolute atomic E-state index is 12.3. The Labute approximate surface area is 130 Å². The highest BCUT2D eigenvalue weighted by Gasteiger charge is 2.18. The second-order valence-electron chi connectivity index (χ2n) is 4.35. The molecule has 0 bridgehead atoms. The van der Waals surface area contributed by atoms with Crippen molar-refractivity contribution in [3.05, 3.63) is 52.6 Å². The molecular weight excluding hydrogens is 333 g/mol. The number of rotatable bonds is 3. The molecule has 8 heteroatoms. The van der Waals surface area contributed by atoms with E-state index >= 15 is 0 Å². The molecule has 108 valence electrons. The van der Waals surface area contributed by atoms with Gasteiger partial charge in [-0.25, -0.2) is 8.42 Å². The van der Waals surface area contributed by atoms with Gasteiger partial charge in [0.2, 0.25) is 0 Å². The minimum atomic E-state index is -3.78. The number of fused-ring (bicyclic) bond motifs is 1. The van der Waals surface area contributed by atoms with Gasteiger partial charge in [-0.1, -0.05) is 23.2 Å². The number of anilines is 1. The number of halogens is 2. The molecular formula is C13H9Cl2N3O2S. The van der Waals surface area contributed by atoms with Crippen LogP contribution < -0.4 is 4.72 Å². The van der Waals surface area contributed by atoms with Crippen LogP contribution in [0, 0.1) is 0 Å². The first-order chi connectivity index (χ1) is 9.95. The Hall–Kier alpha value is -1.76. The maximum atomic E-state index is 12.3. The lowest BCUT2D eigenvalue weighted by Gasteiger charge is -2.09. The largest absolute Gasteiger partial charge is 0.280 e. The fourth-order valence-electron chi connectivity index (χ4n) is 1.91. The van der Waals surface area contributed by atoms with Crippen molar-refractivity contribution in [2.45, 2.75) is 4.90 Å². The van der Waals surface area contributed by atoms with Crippen molar-refractivity contribution in [3.8, 4) is 0 Å². The molecule has 1 aromatic heterocycles. The SMILES string of the molecule is O=S(=O)(Nc1ccc2[nH]ncc2c1)c1ccc(Cl)cc1Cl. The smallest absolute Gasteiger partial charge is 0.263 e. The minimum absolute atomic E-state index is 0.0270. The van der Waals surface area contributed by atoms with E-state index in [0.717, 1.165) is 10.9 Å². The van der Waals surface area contributed by atoms with Gasteiger partial charge in [-0.15, -0.1) is 0 Å². The van der Waals surface area contributed by atoms with Gasteiger partial charge >= 0.3 is 0 Å². The van der Waals surface area contributed by atoms with Gasteiger partial charge in [-0.2, -0.15) is 5.10 Å². The number of benzene rings is 2. The highest BCUT2D eigenvalue weighted by molar-refractivity contribution is 7.92. The average Bonchev–Trinajstić information content (AvgIpc) is 2.85. The second kappa shape index (κ2) is 5.22. The fourth-order valence-corrected chi connectivity index (χ4v) is 3.73. The van der Waals surface area contributed by atoms with Crippen LogP contribution in [0.5, 0.6) is 0 Å². The van der Waals surface area contributed by atoms with Gasteiger partial charge in [0.25, 0.3) is 10.0 Å². The molecule has 0 saturated carbocycles. The molecule has 0 aliphatic carbocycles. The summed E-state index contributed by atoms with van der Waals surface area (Å²) in [6.07, 6.45) is 1.61. The topological polar surface area (TPSA) is 74.8 Å². The maximum Gasteiger partial charge on any atom is 0.263 e. The molecule has 0 radical (unpaired) electrons. The van der Waals surface area contributed by atoms with Gasteiger partial charge in [-0.05, 0) is 36.4 Å². The van der Waals surface area contributed by atoms with Crippen molar-refractivity contribution in [2.75, 3.05) is 4.72 Å². The summed E-state index contributed by atoms with van der Waals surface area (Å²) < 4.78 is 27.2. The zero-order valence-electron chi connectivity index (χ0n) is 10.5. The van der Waals surface area contributed by atoms with Crippen molar-refractivity contribution in [1.29, 1.82) is 0 Å². The first-order valence-corrected chi connectivity index (χ1v) is 8.11. The quantitative estimate of drug-likeness (QED) is 0.763. The van der Waals surface area contributed by atoms with Gasteiger partial charge in [0.15, 0.2) is 0 Å². The van der Waals surface area contributed by atoms with Crippen molar-refractivity contribution in [3.63, 3.8) is 0 Å². The van der Waals surface area contributed by atoms with Gasteiger partial charge in [0.1, 0.15) is 4.90 Å². The number of nitrogens with one attached hydrogen (secondary N) is 2. The molecule has 0 aliphatic rings. The van der Waals surface area contributed by atoms with E-state index in [1.807, 2.05) is 0 Å². The van der Waals surface area contributed by atoms with Crippen LogP contribution in [0.15, 0.2) is 47.5 Å². The van der Waals surface area contributed by atoms with Crippen LogP contribution >= 0.6 is 23.2 Å². The number of H-pyrrole nitrogens is 1. The van der Waals surface area contributed by atoms with Crippen molar-refractivity contribution >= 4 is 49.8 Å². The Kier molecular flexibility index (Phi) is 3.52. The molecule has 0 fully saturated rings. The summed E-state index contributed by atoms with van der Waals surface area (Å²) in [4.78, 5) is -0.0270. The van der Waals surface area contributed by atoms with Crippen LogP contribution in [0.3, 0.4) is 0 Å². The predicted octanol–water partition coefficient (Wildman–Crippen LogP) is 3.67. The van der Waals surface area contributed by atoms with Crippen LogP contribution in [-0.4, -0.2) is 18.6 Å². The predicted molar refractivity (Wildman–Crippen MR) is 83.4 cm³/mol. The average molecular weight is 342 g/mol. The van der Waals surface area contributed by atoms with Crippen LogP contribution in [0.25, 0.3) is 10.9 Å². The standard InChI is InChI=1S/C13H9Cl2N3O2S/c14-9-1-4-13(11(15)6-9)21(19,20)18-10-2-3-12-8(5-10)7-16-17-12/h1-7,18H,(H,16,17). The number of hydrogen-bond acceptors (Lipinski definition) is 3. The van der Waals surface area contributed by atoms with E-state index in [0.29, 0.717) is 10.7 Å². The molecule has 0 aliphatic heterocycles. The van der Waals surface area contributed by atoms with E-state index in [2.05, 4.69) is 14.9 Å². The Bertz CT molecular complexity index is 922. The third-order valence-corrected chi connectivity index (χ3v) is 4.98. The number of nitrogens with zero attached hydrogens (tertiary/aromatic N) is 1. The summed E-state index contributed by atoms with van der Waals surface area (Å²) in [5, 5.41) is 7.92. The zero-order chi connectivity index (χ0) is 15.0. The summed E-state index contributed by atoms with van der Waals surface area (Å²) in [5.41, 5.74) is 1.25. The summed E-state index contributed by atoms with van der Waals surface area (Å²) in [7, 11) is -3.78. The number of hydrogen-bond donors (Lipinski definition) is 2. The lowest BCUT2D eigenvalue weighted by Crippen LogP contribution is -2.13. The molecule has 21 heavy (non-hydrogen) atoms. The van der Waals surface area contributed by atoms with E-state index in [1.165, 1.54) is 18.2 Å². The van der Waals surface area contributed by atoms with Crippen molar-refractivity contribution in [2.24, 2.45) is 0 Å². The molecule has 2 N–H and O–H groups in total. The monoisotopic (exact) mass is 341 g/mol. The van der Waals surface area contributed by atoms with E-state index in [-0.39, 0.29) is 9.92 Å². The second-order valence-corrected chi connectivity index (χ2v) is 6.85. The molecule has 0 unspecified atom stereocenters. The molecule has 1 heterocycles. The molecule has 5 nitrogen and oxygen atoms in total. The summed E-state index contributed by atoms with van der Waals surface area (Å²) in [6.45, 7) is 0. The molecule has 0 atom stereocenters. The Morgan fingerprint density at radius 2 is 1.90 bits per heavy atom. The van der Waals surface area contributed by atoms with Crippen LogP contribution in [-0.2, 0) is 10.0 Å². The van der Waals surface area contributed by atoms with Gasteiger partial charge < -0.3 is 0 Å². The zero-order valence-corrected chi connectivity index (χ0v) is 12.8. The van der Waals surface area contributed by atoms with Gasteiger partial charge in [0, 0.05) is 16.1 Å². The van der Waals surface area contributed by atoms with Crippen LogP contribution in [0.1, 0.15) is 0 Å². The Morgan fingerprint density at radius 3 is 2.67 bits per heavy atom. The van der Waals surface area contributed by atoms with E-state index in [4.69, 9.17) is 23.2 Å². The molecule has 0 saturated heterocycles. The van der Waals surface area contributed by atoms with E-state index in [9.17, 15) is 8.42 Å². The summed E-state index contributed by atoms with van der Waals surface area (Å²) in [5.74, 6) is 0. The van der Waals surface area contributed by atoms with Crippen LogP contribution in [0.4, 0.5) is 5.69 Å². The molecule has 3 rings (SSSR count). The summed E-state index contributed by atoms with van der Waals surface area (Å²) >= 11 is 11.7. The van der Waals surface area contributed by atoms with Crippen molar-refractivity contribution in [1.82, 2.24) is 10.2 Å². The fraction of sp³-hybridized carbons (Fsp3) is 0. The van der Waals surface area contributed by atoms with Crippen molar-refractivity contribution < 1.29 is 8.42 Å². The molecule has 0 spiro atoms. The van der Waals surface area contributed by atoms with Gasteiger partial charge in [-0.3, -0.25) is 9.82 Å². The first-order valence-electron chi connectivity index (χ1n) is 5.87.